The molecule has 0 aliphatic carbocycles. The summed E-state index contributed by atoms with van der Waals surface area (Å²) in [6.07, 6.45) is 1.55. The SMILES string of the molecule is Nc1ncc(Nc2cccc(Br)c2)c(N)n1. The summed E-state index contributed by atoms with van der Waals surface area (Å²) in [5.41, 5.74) is 12.6. The van der Waals surface area contributed by atoms with E-state index in [1.165, 1.54) is 0 Å². The van der Waals surface area contributed by atoms with Crippen LogP contribution in [0.5, 0.6) is 0 Å². The van der Waals surface area contributed by atoms with Crippen molar-refractivity contribution in [2.75, 3.05) is 16.8 Å². The van der Waals surface area contributed by atoms with Crippen LogP contribution in [0.3, 0.4) is 0 Å². The molecular formula is C10H10BrN5. The van der Waals surface area contributed by atoms with Gasteiger partial charge < -0.3 is 16.8 Å². The highest BCUT2D eigenvalue weighted by Gasteiger charge is 2.02. The van der Waals surface area contributed by atoms with Gasteiger partial charge in [0.25, 0.3) is 0 Å². The van der Waals surface area contributed by atoms with Crippen molar-refractivity contribution in [1.82, 2.24) is 9.97 Å². The Kier molecular flexibility index (Phi) is 2.91. The van der Waals surface area contributed by atoms with Gasteiger partial charge in [0.05, 0.1) is 6.20 Å². The molecule has 5 N–H and O–H groups in total. The fraction of sp³-hybridized carbons (Fsp3) is 0. The molecule has 82 valence electrons. The molecule has 0 aliphatic heterocycles. The fourth-order valence-electron chi connectivity index (χ4n) is 1.23. The van der Waals surface area contributed by atoms with Gasteiger partial charge in [-0.25, -0.2) is 4.98 Å². The zero-order valence-corrected chi connectivity index (χ0v) is 9.90. The lowest BCUT2D eigenvalue weighted by atomic mass is 10.3. The minimum atomic E-state index is 0.164. The molecule has 0 spiro atoms. The summed E-state index contributed by atoms with van der Waals surface area (Å²) in [5.74, 6) is 0.491. The van der Waals surface area contributed by atoms with Crippen LogP contribution in [-0.4, -0.2) is 9.97 Å². The van der Waals surface area contributed by atoms with Crippen LogP contribution in [0.15, 0.2) is 34.9 Å². The zero-order chi connectivity index (χ0) is 11.5. The maximum atomic E-state index is 5.70. The number of hydrogen-bond acceptors (Lipinski definition) is 5. The predicted molar refractivity (Wildman–Crippen MR) is 68.3 cm³/mol. The second-order valence-electron chi connectivity index (χ2n) is 3.16. The van der Waals surface area contributed by atoms with Gasteiger partial charge >= 0.3 is 0 Å². The standard InChI is InChI=1S/C10H10BrN5/c11-6-2-1-3-7(4-6)15-8-5-14-10(13)16-9(8)12/h1-5,15H,(H4,12,13,14,16). The van der Waals surface area contributed by atoms with Crippen molar-refractivity contribution >= 4 is 39.1 Å². The van der Waals surface area contributed by atoms with Crippen LogP contribution < -0.4 is 16.8 Å². The van der Waals surface area contributed by atoms with E-state index in [9.17, 15) is 0 Å². The van der Waals surface area contributed by atoms with Gasteiger partial charge in [-0.1, -0.05) is 22.0 Å². The van der Waals surface area contributed by atoms with Crippen LogP contribution >= 0.6 is 15.9 Å². The summed E-state index contributed by atoms with van der Waals surface area (Å²) < 4.78 is 0.979. The highest BCUT2D eigenvalue weighted by atomic mass is 79.9. The summed E-state index contributed by atoms with van der Waals surface area (Å²) in [6.45, 7) is 0. The molecule has 16 heavy (non-hydrogen) atoms. The number of aromatic nitrogens is 2. The number of nitrogens with one attached hydrogen (secondary N) is 1. The third kappa shape index (κ3) is 2.40. The number of rotatable bonds is 2. The average molecular weight is 280 g/mol. The Hall–Kier alpha value is -1.82. The molecule has 6 heteroatoms. The number of benzene rings is 1. The normalized spacial score (nSPS) is 10.1. The van der Waals surface area contributed by atoms with Gasteiger partial charge in [-0.05, 0) is 18.2 Å². The van der Waals surface area contributed by atoms with E-state index in [0.29, 0.717) is 11.5 Å². The highest BCUT2D eigenvalue weighted by molar-refractivity contribution is 9.10. The second-order valence-corrected chi connectivity index (χ2v) is 4.08. The van der Waals surface area contributed by atoms with E-state index in [-0.39, 0.29) is 5.95 Å². The minimum Gasteiger partial charge on any atom is -0.382 e. The molecule has 1 aromatic heterocycles. The van der Waals surface area contributed by atoms with E-state index in [2.05, 4.69) is 31.2 Å². The van der Waals surface area contributed by atoms with Gasteiger partial charge in [0.1, 0.15) is 5.69 Å². The molecule has 0 aliphatic rings. The van der Waals surface area contributed by atoms with E-state index in [4.69, 9.17) is 11.5 Å². The van der Waals surface area contributed by atoms with Crippen LogP contribution in [0, 0.1) is 0 Å². The van der Waals surface area contributed by atoms with Gasteiger partial charge in [-0.2, -0.15) is 4.98 Å². The summed E-state index contributed by atoms with van der Waals surface area (Å²) in [4.78, 5) is 7.73. The van der Waals surface area contributed by atoms with Crippen LogP contribution in [0.4, 0.5) is 23.1 Å². The van der Waals surface area contributed by atoms with Crippen LogP contribution in [-0.2, 0) is 0 Å². The maximum absolute atomic E-state index is 5.70. The molecule has 2 rings (SSSR count). The van der Waals surface area contributed by atoms with Crippen LogP contribution in [0.1, 0.15) is 0 Å². The third-order valence-electron chi connectivity index (χ3n) is 1.94. The third-order valence-corrected chi connectivity index (χ3v) is 2.43. The first kappa shape index (κ1) is 10.7. The van der Waals surface area contributed by atoms with Crippen molar-refractivity contribution in [2.24, 2.45) is 0 Å². The van der Waals surface area contributed by atoms with E-state index in [0.717, 1.165) is 10.2 Å². The van der Waals surface area contributed by atoms with Crippen molar-refractivity contribution in [3.05, 3.63) is 34.9 Å². The molecule has 0 amide bonds. The first-order chi connectivity index (χ1) is 7.65. The molecule has 0 radical (unpaired) electrons. The molecule has 0 fully saturated rings. The lowest BCUT2D eigenvalue weighted by Gasteiger charge is -2.08. The lowest BCUT2D eigenvalue weighted by molar-refractivity contribution is 1.19. The number of hydrogen-bond donors (Lipinski definition) is 3. The van der Waals surface area contributed by atoms with Crippen molar-refractivity contribution in [3.63, 3.8) is 0 Å². The summed E-state index contributed by atoms with van der Waals surface area (Å²) >= 11 is 3.38. The zero-order valence-electron chi connectivity index (χ0n) is 8.31. The van der Waals surface area contributed by atoms with Gasteiger partial charge in [0, 0.05) is 10.2 Å². The summed E-state index contributed by atoms with van der Waals surface area (Å²) in [6, 6.07) is 7.70. The van der Waals surface area contributed by atoms with E-state index in [1.807, 2.05) is 24.3 Å². The Morgan fingerprint density at radius 2 is 2.06 bits per heavy atom. The Bertz CT molecular complexity index is 514. The molecular weight excluding hydrogens is 270 g/mol. The van der Waals surface area contributed by atoms with Gasteiger partial charge in [0.2, 0.25) is 5.95 Å². The molecule has 0 atom stereocenters. The smallest absolute Gasteiger partial charge is 0.222 e. The number of halogens is 1. The molecule has 0 saturated carbocycles. The molecule has 2 aromatic rings. The first-order valence-electron chi connectivity index (χ1n) is 4.56. The van der Waals surface area contributed by atoms with E-state index in [1.54, 1.807) is 6.20 Å². The van der Waals surface area contributed by atoms with Gasteiger partial charge in [0.15, 0.2) is 5.82 Å². The van der Waals surface area contributed by atoms with Gasteiger partial charge in [-0.15, -0.1) is 0 Å². The number of nitrogen functional groups attached to an aromatic ring is 2. The molecule has 0 saturated heterocycles. The van der Waals surface area contributed by atoms with E-state index < -0.39 is 0 Å². The molecule has 0 unspecified atom stereocenters. The lowest BCUT2D eigenvalue weighted by Crippen LogP contribution is -2.03. The highest BCUT2D eigenvalue weighted by Crippen LogP contribution is 2.23. The first-order valence-corrected chi connectivity index (χ1v) is 5.35. The van der Waals surface area contributed by atoms with Crippen LogP contribution in [0.25, 0.3) is 0 Å². The average Bonchev–Trinajstić information content (AvgIpc) is 2.22. The maximum Gasteiger partial charge on any atom is 0.222 e. The molecule has 1 heterocycles. The number of nitrogens with zero attached hydrogens (tertiary/aromatic N) is 2. The van der Waals surface area contributed by atoms with Crippen molar-refractivity contribution in [2.45, 2.75) is 0 Å². The van der Waals surface area contributed by atoms with Crippen molar-refractivity contribution in [3.8, 4) is 0 Å². The predicted octanol–water partition coefficient (Wildman–Crippen LogP) is 2.15. The Balaban J connectivity index is 2.27. The Labute approximate surface area is 101 Å². The molecule has 0 bridgehead atoms. The van der Waals surface area contributed by atoms with Gasteiger partial charge in [-0.3, -0.25) is 0 Å². The van der Waals surface area contributed by atoms with E-state index >= 15 is 0 Å². The Morgan fingerprint density at radius 1 is 1.25 bits per heavy atom. The second kappa shape index (κ2) is 4.36. The van der Waals surface area contributed by atoms with Crippen LogP contribution in [0.2, 0.25) is 0 Å². The van der Waals surface area contributed by atoms with Crippen molar-refractivity contribution < 1.29 is 0 Å². The molecule has 5 nitrogen and oxygen atoms in total. The monoisotopic (exact) mass is 279 g/mol. The molecule has 1 aromatic carbocycles. The Morgan fingerprint density at radius 3 is 2.75 bits per heavy atom. The fourth-order valence-corrected chi connectivity index (χ4v) is 1.63. The largest absolute Gasteiger partial charge is 0.382 e. The van der Waals surface area contributed by atoms with Crippen molar-refractivity contribution in [1.29, 1.82) is 0 Å². The number of anilines is 4. The minimum absolute atomic E-state index is 0.164. The summed E-state index contributed by atoms with van der Waals surface area (Å²) in [5, 5.41) is 3.10. The topological polar surface area (TPSA) is 89.8 Å². The quantitative estimate of drug-likeness (QED) is 0.784. The summed E-state index contributed by atoms with van der Waals surface area (Å²) in [7, 11) is 0. The number of nitrogens with two attached hydrogens (primary N) is 2.